The van der Waals surface area contributed by atoms with Crippen molar-refractivity contribution in [1.82, 2.24) is 0 Å². The Kier molecular flexibility index (Phi) is 11.8. The van der Waals surface area contributed by atoms with Gasteiger partial charge in [-0.3, -0.25) is 9.59 Å². The van der Waals surface area contributed by atoms with Crippen LogP contribution in [0, 0.1) is 5.92 Å². The maximum absolute atomic E-state index is 11.6. The SMILES string of the molecule is COC(=O)C(CC=C(CO)CCC=C(C)CCC=C(C)C)C(C)=O. The molecule has 0 aromatic rings. The number of aliphatic hydroxyl groups is 1. The third-order valence-electron chi connectivity index (χ3n) is 3.87. The third-order valence-corrected chi connectivity index (χ3v) is 3.87. The van der Waals surface area contributed by atoms with Crippen molar-refractivity contribution in [2.45, 2.75) is 59.8 Å². The largest absolute Gasteiger partial charge is 0.468 e. The van der Waals surface area contributed by atoms with Gasteiger partial charge in [0.1, 0.15) is 11.7 Å². The van der Waals surface area contributed by atoms with E-state index in [0.717, 1.165) is 31.3 Å². The van der Waals surface area contributed by atoms with Crippen molar-refractivity contribution in [3.05, 3.63) is 34.9 Å². The van der Waals surface area contributed by atoms with E-state index in [4.69, 9.17) is 0 Å². The van der Waals surface area contributed by atoms with E-state index in [1.165, 1.54) is 25.2 Å². The van der Waals surface area contributed by atoms with E-state index < -0.39 is 11.9 Å². The van der Waals surface area contributed by atoms with Gasteiger partial charge in [-0.15, -0.1) is 0 Å². The van der Waals surface area contributed by atoms with E-state index in [1.807, 2.05) is 0 Å². The van der Waals surface area contributed by atoms with Crippen molar-refractivity contribution < 1.29 is 19.4 Å². The number of allylic oxidation sites excluding steroid dienone is 5. The van der Waals surface area contributed by atoms with Crippen LogP contribution >= 0.6 is 0 Å². The molecule has 1 N–H and O–H groups in total. The molecule has 0 saturated carbocycles. The molecule has 0 aliphatic rings. The molecule has 4 nitrogen and oxygen atoms in total. The number of ketones is 1. The minimum Gasteiger partial charge on any atom is -0.468 e. The molecule has 0 aromatic heterocycles. The summed E-state index contributed by atoms with van der Waals surface area (Å²) in [4.78, 5) is 23.0. The molecule has 0 radical (unpaired) electrons. The second kappa shape index (κ2) is 12.7. The van der Waals surface area contributed by atoms with Crippen LogP contribution in [0.4, 0.5) is 0 Å². The Balaban J connectivity index is 4.51. The van der Waals surface area contributed by atoms with Crippen LogP contribution < -0.4 is 0 Å². The number of methoxy groups -OCH3 is 1. The number of esters is 1. The van der Waals surface area contributed by atoms with Gasteiger partial charge in [0.15, 0.2) is 0 Å². The topological polar surface area (TPSA) is 63.6 Å². The van der Waals surface area contributed by atoms with Crippen molar-refractivity contribution in [2.75, 3.05) is 13.7 Å². The Morgan fingerprint density at radius 1 is 1.00 bits per heavy atom. The fraction of sp³-hybridized carbons (Fsp3) is 0.600. The number of Topliss-reactive ketones (excluding diaryl/α,β-unsaturated/α-hetero) is 1. The zero-order chi connectivity index (χ0) is 18.5. The highest BCUT2D eigenvalue weighted by Gasteiger charge is 2.22. The van der Waals surface area contributed by atoms with Crippen LogP contribution in [0.3, 0.4) is 0 Å². The first-order valence-corrected chi connectivity index (χ1v) is 8.47. The van der Waals surface area contributed by atoms with Crippen LogP contribution in [0.5, 0.6) is 0 Å². The van der Waals surface area contributed by atoms with Gasteiger partial charge in [0, 0.05) is 0 Å². The summed E-state index contributed by atoms with van der Waals surface area (Å²) in [5.41, 5.74) is 3.51. The van der Waals surface area contributed by atoms with Crippen molar-refractivity contribution >= 4 is 11.8 Å². The molecule has 0 bridgehead atoms. The van der Waals surface area contributed by atoms with Gasteiger partial charge >= 0.3 is 5.97 Å². The average molecular weight is 336 g/mol. The monoisotopic (exact) mass is 336 g/mol. The van der Waals surface area contributed by atoms with Gasteiger partial charge in [-0.05, 0) is 65.4 Å². The molecule has 0 amide bonds. The van der Waals surface area contributed by atoms with Gasteiger partial charge in [-0.2, -0.15) is 0 Å². The first kappa shape index (κ1) is 22.3. The molecule has 0 heterocycles. The molecule has 1 unspecified atom stereocenters. The quantitative estimate of drug-likeness (QED) is 0.350. The molecule has 0 aromatic carbocycles. The van der Waals surface area contributed by atoms with Crippen molar-refractivity contribution in [3.8, 4) is 0 Å². The van der Waals surface area contributed by atoms with Gasteiger partial charge in [-0.25, -0.2) is 0 Å². The number of carbonyl (C=O) groups excluding carboxylic acids is 2. The van der Waals surface area contributed by atoms with Crippen LogP contribution in [0.2, 0.25) is 0 Å². The van der Waals surface area contributed by atoms with E-state index in [-0.39, 0.29) is 18.8 Å². The fourth-order valence-corrected chi connectivity index (χ4v) is 2.30. The maximum Gasteiger partial charge on any atom is 0.316 e. The smallest absolute Gasteiger partial charge is 0.316 e. The first-order valence-electron chi connectivity index (χ1n) is 8.47. The molecule has 24 heavy (non-hydrogen) atoms. The lowest BCUT2D eigenvalue weighted by Crippen LogP contribution is -2.22. The molecule has 0 rings (SSSR count). The van der Waals surface area contributed by atoms with Crippen LogP contribution in [-0.4, -0.2) is 30.6 Å². The predicted octanol–water partition coefficient (Wildman–Crippen LogP) is 4.15. The Bertz CT molecular complexity index is 494. The number of hydrogen-bond acceptors (Lipinski definition) is 4. The average Bonchev–Trinajstić information content (AvgIpc) is 2.52. The van der Waals surface area contributed by atoms with Crippen molar-refractivity contribution in [2.24, 2.45) is 5.92 Å². The van der Waals surface area contributed by atoms with Crippen LogP contribution in [0.15, 0.2) is 34.9 Å². The fourth-order valence-electron chi connectivity index (χ4n) is 2.30. The van der Waals surface area contributed by atoms with E-state index in [0.29, 0.717) is 0 Å². The van der Waals surface area contributed by atoms with Crippen molar-refractivity contribution in [3.63, 3.8) is 0 Å². The first-order chi connectivity index (χ1) is 11.3. The lowest BCUT2D eigenvalue weighted by molar-refractivity contribution is -0.148. The Morgan fingerprint density at radius 2 is 1.62 bits per heavy atom. The normalized spacial score (nSPS) is 13.4. The highest BCUT2D eigenvalue weighted by Crippen LogP contribution is 2.15. The lowest BCUT2D eigenvalue weighted by Gasteiger charge is -2.10. The zero-order valence-electron chi connectivity index (χ0n) is 15.7. The van der Waals surface area contributed by atoms with E-state index in [9.17, 15) is 14.7 Å². The van der Waals surface area contributed by atoms with Crippen LogP contribution in [0.25, 0.3) is 0 Å². The molecule has 4 heteroatoms. The number of carbonyl (C=O) groups is 2. The molecule has 0 aliphatic carbocycles. The summed E-state index contributed by atoms with van der Waals surface area (Å²) < 4.78 is 4.64. The number of aliphatic hydroxyl groups excluding tert-OH is 1. The number of hydrogen-bond donors (Lipinski definition) is 1. The van der Waals surface area contributed by atoms with Gasteiger partial charge in [-0.1, -0.05) is 29.4 Å². The second-order valence-electron chi connectivity index (χ2n) is 6.35. The standard InChI is InChI=1S/C20H32O4/c1-15(2)8-6-9-16(3)10-7-11-18(14-21)12-13-19(17(4)22)20(23)24-5/h8,10,12,19,21H,6-7,9,11,13-14H2,1-5H3. The molecule has 0 fully saturated rings. The molecule has 136 valence electrons. The molecule has 1 atom stereocenters. The Hall–Kier alpha value is -1.68. The minimum atomic E-state index is -0.780. The molecule has 0 spiro atoms. The summed E-state index contributed by atoms with van der Waals surface area (Å²) in [6.07, 6.45) is 10.1. The second-order valence-corrected chi connectivity index (χ2v) is 6.35. The van der Waals surface area contributed by atoms with E-state index >= 15 is 0 Å². The van der Waals surface area contributed by atoms with E-state index in [1.54, 1.807) is 6.08 Å². The molecule has 0 saturated heterocycles. The summed E-state index contributed by atoms with van der Waals surface area (Å²) in [5, 5.41) is 9.44. The van der Waals surface area contributed by atoms with Gasteiger partial charge < -0.3 is 9.84 Å². The molecular weight excluding hydrogens is 304 g/mol. The van der Waals surface area contributed by atoms with Crippen LogP contribution in [0.1, 0.15) is 59.8 Å². The molecular formula is C20H32O4. The highest BCUT2D eigenvalue weighted by molar-refractivity contribution is 5.97. The van der Waals surface area contributed by atoms with Gasteiger partial charge in [0.2, 0.25) is 0 Å². The zero-order valence-corrected chi connectivity index (χ0v) is 15.7. The lowest BCUT2D eigenvalue weighted by atomic mass is 9.98. The number of ether oxygens (including phenoxy) is 1. The van der Waals surface area contributed by atoms with E-state index in [2.05, 4.69) is 37.7 Å². The molecule has 0 aliphatic heterocycles. The Labute approximate surface area is 146 Å². The Morgan fingerprint density at radius 3 is 2.12 bits per heavy atom. The summed E-state index contributed by atoms with van der Waals surface area (Å²) in [6, 6.07) is 0. The summed E-state index contributed by atoms with van der Waals surface area (Å²) in [6.45, 7) is 7.63. The van der Waals surface area contributed by atoms with Gasteiger partial charge in [0.05, 0.1) is 13.7 Å². The van der Waals surface area contributed by atoms with Crippen LogP contribution in [-0.2, 0) is 14.3 Å². The minimum absolute atomic E-state index is 0.0591. The maximum atomic E-state index is 11.6. The summed E-state index contributed by atoms with van der Waals surface area (Å²) in [5.74, 6) is -1.52. The third kappa shape index (κ3) is 10.2. The highest BCUT2D eigenvalue weighted by atomic mass is 16.5. The summed E-state index contributed by atoms with van der Waals surface area (Å²) >= 11 is 0. The summed E-state index contributed by atoms with van der Waals surface area (Å²) in [7, 11) is 1.28. The van der Waals surface area contributed by atoms with Gasteiger partial charge in [0.25, 0.3) is 0 Å². The predicted molar refractivity (Wildman–Crippen MR) is 97.6 cm³/mol. The van der Waals surface area contributed by atoms with Crippen molar-refractivity contribution in [1.29, 1.82) is 0 Å². The number of rotatable bonds is 11.